The molecule has 1 aliphatic rings. The fraction of sp³-hybridized carbons (Fsp3) is 1.00. The molecule has 1 rings (SSSR count). The first-order chi connectivity index (χ1) is 7.81. The van der Waals surface area contributed by atoms with Crippen LogP contribution in [0.4, 0.5) is 0 Å². The van der Waals surface area contributed by atoms with Crippen LogP contribution in [0.5, 0.6) is 0 Å². The number of hydrogen-bond acceptors (Lipinski definition) is 2. The third kappa shape index (κ3) is 4.42. The van der Waals surface area contributed by atoms with Gasteiger partial charge in [0.15, 0.2) is 0 Å². The average Bonchev–Trinajstić information content (AvgIpc) is 2.27. The van der Waals surface area contributed by atoms with Gasteiger partial charge in [0.1, 0.15) is 0 Å². The molecule has 0 saturated carbocycles. The number of hydrogen-bond donors (Lipinski definition) is 1. The number of rotatable bonds is 5. The number of nitrogens with one attached hydrogen (secondary N) is 1. The normalized spacial score (nSPS) is 26.1. The molecule has 0 aromatic carbocycles. The highest BCUT2D eigenvalue weighted by atomic mass is 15.2. The summed E-state index contributed by atoms with van der Waals surface area (Å²) in [5.74, 6) is 0. The van der Waals surface area contributed by atoms with E-state index in [4.69, 9.17) is 0 Å². The fourth-order valence-corrected chi connectivity index (χ4v) is 2.82. The van der Waals surface area contributed by atoms with Crippen LogP contribution in [0.1, 0.15) is 59.3 Å². The zero-order chi connectivity index (χ0) is 11.8. The van der Waals surface area contributed by atoms with Crippen LogP contribution in [0, 0.1) is 0 Å². The van der Waals surface area contributed by atoms with Crippen molar-refractivity contribution in [2.75, 3.05) is 19.6 Å². The summed E-state index contributed by atoms with van der Waals surface area (Å²) in [5.41, 5.74) is 0. The van der Waals surface area contributed by atoms with Crippen molar-refractivity contribution in [2.45, 2.75) is 71.4 Å². The minimum absolute atomic E-state index is 0.752. The Labute approximate surface area is 102 Å². The lowest BCUT2D eigenvalue weighted by molar-refractivity contribution is 0.157. The molecule has 2 atom stereocenters. The molecule has 0 aliphatic carbocycles. The monoisotopic (exact) mass is 226 g/mol. The van der Waals surface area contributed by atoms with Gasteiger partial charge in [-0.15, -0.1) is 0 Å². The van der Waals surface area contributed by atoms with Crippen molar-refractivity contribution < 1.29 is 0 Å². The molecule has 0 radical (unpaired) electrons. The first-order valence-corrected chi connectivity index (χ1v) is 7.29. The third-order valence-corrected chi connectivity index (χ3v) is 3.92. The van der Waals surface area contributed by atoms with Crippen molar-refractivity contribution >= 4 is 0 Å². The molecule has 0 aromatic heterocycles. The zero-order valence-corrected chi connectivity index (χ0v) is 11.5. The molecule has 0 aromatic rings. The molecule has 96 valence electrons. The smallest absolute Gasteiger partial charge is 0.00925 e. The molecule has 16 heavy (non-hydrogen) atoms. The Bertz CT molecular complexity index is 170. The van der Waals surface area contributed by atoms with Gasteiger partial charge in [-0.25, -0.2) is 0 Å². The van der Waals surface area contributed by atoms with Gasteiger partial charge in [-0.3, -0.25) is 0 Å². The van der Waals surface area contributed by atoms with E-state index in [1.54, 1.807) is 0 Å². The van der Waals surface area contributed by atoms with Crippen LogP contribution in [0.3, 0.4) is 0 Å². The SMILES string of the molecule is CCCC(CC)N1CCCNC(CC)CC1. The second-order valence-electron chi connectivity index (χ2n) is 5.09. The summed E-state index contributed by atoms with van der Waals surface area (Å²) >= 11 is 0. The lowest BCUT2D eigenvalue weighted by Gasteiger charge is -2.34. The van der Waals surface area contributed by atoms with E-state index in [1.165, 1.54) is 58.2 Å². The largest absolute Gasteiger partial charge is 0.314 e. The summed E-state index contributed by atoms with van der Waals surface area (Å²) in [6, 6.07) is 1.59. The van der Waals surface area contributed by atoms with E-state index >= 15 is 0 Å². The van der Waals surface area contributed by atoms with Gasteiger partial charge < -0.3 is 10.2 Å². The quantitative estimate of drug-likeness (QED) is 0.775. The van der Waals surface area contributed by atoms with Crippen molar-refractivity contribution in [3.8, 4) is 0 Å². The molecular weight excluding hydrogens is 196 g/mol. The van der Waals surface area contributed by atoms with Crippen LogP contribution in [0.25, 0.3) is 0 Å². The highest BCUT2D eigenvalue weighted by Crippen LogP contribution is 2.14. The Morgan fingerprint density at radius 2 is 2.06 bits per heavy atom. The van der Waals surface area contributed by atoms with Gasteiger partial charge in [0, 0.05) is 12.1 Å². The van der Waals surface area contributed by atoms with Gasteiger partial charge in [-0.2, -0.15) is 0 Å². The van der Waals surface area contributed by atoms with E-state index in [1.807, 2.05) is 0 Å². The summed E-state index contributed by atoms with van der Waals surface area (Å²) < 4.78 is 0. The van der Waals surface area contributed by atoms with Crippen LogP contribution < -0.4 is 5.32 Å². The topological polar surface area (TPSA) is 15.3 Å². The number of nitrogens with zero attached hydrogens (tertiary/aromatic N) is 1. The summed E-state index contributed by atoms with van der Waals surface area (Å²) in [7, 11) is 0. The third-order valence-electron chi connectivity index (χ3n) is 3.92. The minimum Gasteiger partial charge on any atom is -0.314 e. The minimum atomic E-state index is 0.752. The summed E-state index contributed by atoms with van der Waals surface area (Å²) in [6.07, 6.45) is 7.94. The van der Waals surface area contributed by atoms with E-state index in [0.29, 0.717) is 0 Å². The maximum absolute atomic E-state index is 3.65. The van der Waals surface area contributed by atoms with Crippen LogP contribution in [0.15, 0.2) is 0 Å². The summed E-state index contributed by atoms with van der Waals surface area (Å²) in [6.45, 7) is 10.7. The van der Waals surface area contributed by atoms with Crippen molar-refractivity contribution in [1.82, 2.24) is 10.2 Å². The first kappa shape index (κ1) is 14.0. The fourth-order valence-electron chi connectivity index (χ4n) is 2.82. The van der Waals surface area contributed by atoms with Crippen LogP contribution >= 0.6 is 0 Å². The maximum atomic E-state index is 3.65. The van der Waals surface area contributed by atoms with E-state index in [2.05, 4.69) is 31.0 Å². The standard InChI is InChI=1S/C14H30N2/c1-4-8-14(6-3)16-11-7-10-15-13(5-2)9-12-16/h13-15H,4-12H2,1-3H3. The van der Waals surface area contributed by atoms with E-state index in [-0.39, 0.29) is 0 Å². The zero-order valence-electron chi connectivity index (χ0n) is 11.5. The average molecular weight is 226 g/mol. The van der Waals surface area contributed by atoms with Gasteiger partial charge in [0.2, 0.25) is 0 Å². The van der Waals surface area contributed by atoms with Gasteiger partial charge >= 0.3 is 0 Å². The molecule has 0 spiro atoms. The summed E-state index contributed by atoms with van der Waals surface area (Å²) in [5, 5.41) is 3.65. The Hall–Kier alpha value is -0.0800. The molecule has 1 saturated heterocycles. The lowest BCUT2D eigenvalue weighted by atomic mass is 10.0. The van der Waals surface area contributed by atoms with Crippen molar-refractivity contribution in [3.63, 3.8) is 0 Å². The van der Waals surface area contributed by atoms with E-state index in [0.717, 1.165) is 12.1 Å². The molecule has 0 amide bonds. The molecule has 1 N–H and O–H groups in total. The van der Waals surface area contributed by atoms with E-state index < -0.39 is 0 Å². The molecule has 1 heterocycles. The molecule has 2 unspecified atom stereocenters. The highest BCUT2D eigenvalue weighted by Gasteiger charge is 2.19. The first-order valence-electron chi connectivity index (χ1n) is 7.29. The second-order valence-corrected chi connectivity index (χ2v) is 5.09. The molecular formula is C14H30N2. The van der Waals surface area contributed by atoms with Crippen molar-refractivity contribution in [1.29, 1.82) is 0 Å². The summed E-state index contributed by atoms with van der Waals surface area (Å²) in [4.78, 5) is 2.74. The van der Waals surface area contributed by atoms with Gasteiger partial charge in [-0.1, -0.05) is 27.2 Å². The van der Waals surface area contributed by atoms with Gasteiger partial charge in [0.05, 0.1) is 0 Å². The molecule has 2 heteroatoms. The molecule has 1 fully saturated rings. The highest BCUT2D eigenvalue weighted by molar-refractivity contribution is 4.76. The Morgan fingerprint density at radius 3 is 2.69 bits per heavy atom. The van der Waals surface area contributed by atoms with Gasteiger partial charge in [-0.05, 0) is 51.7 Å². The molecule has 1 aliphatic heterocycles. The Morgan fingerprint density at radius 1 is 1.25 bits per heavy atom. The molecule has 2 nitrogen and oxygen atoms in total. The van der Waals surface area contributed by atoms with Crippen molar-refractivity contribution in [2.24, 2.45) is 0 Å². The maximum Gasteiger partial charge on any atom is 0.00925 e. The van der Waals surface area contributed by atoms with Gasteiger partial charge in [0.25, 0.3) is 0 Å². The predicted molar refractivity (Wildman–Crippen MR) is 71.9 cm³/mol. The van der Waals surface area contributed by atoms with Crippen LogP contribution in [-0.2, 0) is 0 Å². The predicted octanol–water partition coefficient (Wildman–Crippen LogP) is 3.03. The van der Waals surface area contributed by atoms with Crippen LogP contribution in [-0.4, -0.2) is 36.6 Å². The van der Waals surface area contributed by atoms with Crippen molar-refractivity contribution in [3.05, 3.63) is 0 Å². The van der Waals surface area contributed by atoms with E-state index in [9.17, 15) is 0 Å². The second kappa shape index (κ2) is 8.08. The molecule has 0 bridgehead atoms. The Balaban J connectivity index is 2.44. The van der Waals surface area contributed by atoms with Crippen LogP contribution in [0.2, 0.25) is 0 Å². The lowest BCUT2D eigenvalue weighted by Crippen LogP contribution is -2.43. The Kier molecular flexibility index (Phi) is 7.06.